The van der Waals surface area contributed by atoms with Gasteiger partial charge in [0.15, 0.2) is 0 Å². The van der Waals surface area contributed by atoms with E-state index < -0.39 is 42.4 Å². The quantitative estimate of drug-likeness (QED) is 0.454. The molecule has 0 aromatic heterocycles. The molecule has 21 heavy (non-hydrogen) atoms. The number of hydrogen-bond acceptors (Lipinski definition) is 6. The zero-order valence-corrected chi connectivity index (χ0v) is 14.0. The van der Waals surface area contributed by atoms with Crippen molar-refractivity contribution in [3.8, 4) is 0 Å². The summed E-state index contributed by atoms with van der Waals surface area (Å²) in [5, 5.41) is 32.0. The Kier molecular flexibility index (Phi) is 4.27. The molecule has 0 spiro atoms. The molecular formula is C12H25O8P. The van der Waals surface area contributed by atoms with Crippen molar-refractivity contribution < 1.29 is 38.9 Å². The molecule has 0 amide bonds. The molecule has 1 aliphatic heterocycles. The molecule has 0 aromatic rings. The number of hydrogen-bond donors (Lipinski definition) is 5. The maximum absolute atomic E-state index is 10.9. The van der Waals surface area contributed by atoms with Crippen molar-refractivity contribution in [2.75, 3.05) is 6.61 Å². The van der Waals surface area contributed by atoms with E-state index in [1.807, 2.05) is 0 Å². The first-order chi connectivity index (χ1) is 8.91. The standard InChI is InChI=1S/C12H25O8P/c1-8(2)10(4,13)12(6,15)11(5,14)9(3,20-8)7-19-21(16,17)18/h13-15H,7H2,1-6H3,(H2,16,17,18)/t9?,10?,11-,12?/m1/s1. The van der Waals surface area contributed by atoms with E-state index in [2.05, 4.69) is 4.52 Å². The highest BCUT2D eigenvalue weighted by Gasteiger charge is 2.72. The highest BCUT2D eigenvalue weighted by molar-refractivity contribution is 7.46. The van der Waals surface area contributed by atoms with Gasteiger partial charge in [0.05, 0.1) is 12.2 Å². The van der Waals surface area contributed by atoms with Gasteiger partial charge in [0.2, 0.25) is 0 Å². The Morgan fingerprint density at radius 2 is 1.33 bits per heavy atom. The Morgan fingerprint density at radius 1 is 0.905 bits per heavy atom. The Balaban J connectivity index is 3.32. The van der Waals surface area contributed by atoms with Gasteiger partial charge in [-0.15, -0.1) is 0 Å². The van der Waals surface area contributed by atoms with Crippen molar-refractivity contribution in [2.24, 2.45) is 0 Å². The fourth-order valence-corrected chi connectivity index (χ4v) is 3.13. The number of aliphatic hydroxyl groups is 3. The van der Waals surface area contributed by atoms with Crippen molar-refractivity contribution in [2.45, 2.75) is 69.5 Å². The summed E-state index contributed by atoms with van der Waals surface area (Å²) in [6.07, 6.45) is 0. The first-order valence-electron chi connectivity index (χ1n) is 6.49. The van der Waals surface area contributed by atoms with Gasteiger partial charge >= 0.3 is 7.82 Å². The van der Waals surface area contributed by atoms with Gasteiger partial charge in [-0.1, -0.05) is 0 Å². The summed E-state index contributed by atoms with van der Waals surface area (Å²) in [5.41, 5.74) is -8.89. The second kappa shape index (κ2) is 4.72. The van der Waals surface area contributed by atoms with Crippen LogP contribution in [0.3, 0.4) is 0 Å². The summed E-state index contributed by atoms with van der Waals surface area (Å²) < 4.78 is 21.0. The Labute approximate surface area is 123 Å². The molecule has 1 saturated heterocycles. The third-order valence-corrected chi connectivity index (χ3v) is 5.55. The first-order valence-corrected chi connectivity index (χ1v) is 8.02. The van der Waals surface area contributed by atoms with E-state index in [0.717, 1.165) is 0 Å². The maximum Gasteiger partial charge on any atom is 0.469 e. The van der Waals surface area contributed by atoms with Crippen molar-refractivity contribution in [1.29, 1.82) is 0 Å². The minimum Gasteiger partial charge on any atom is -0.384 e. The lowest BCUT2D eigenvalue weighted by atomic mass is 9.59. The fraction of sp³-hybridized carbons (Fsp3) is 1.00. The molecule has 9 heteroatoms. The van der Waals surface area contributed by atoms with Crippen LogP contribution in [0.4, 0.5) is 0 Å². The van der Waals surface area contributed by atoms with Crippen LogP contribution in [0.15, 0.2) is 0 Å². The normalized spacial score (nSPS) is 47.4. The van der Waals surface area contributed by atoms with Gasteiger partial charge in [-0.05, 0) is 41.5 Å². The largest absolute Gasteiger partial charge is 0.469 e. The predicted molar refractivity (Wildman–Crippen MR) is 73.4 cm³/mol. The summed E-state index contributed by atoms with van der Waals surface area (Å²) in [6, 6.07) is 0. The topological polar surface area (TPSA) is 137 Å². The highest BCUT2D eigenvalue weighted by atomic mass is 31.2. The Morgan fingerprint density at radius 3 is 1.71 bits per heavy atom. The van der Waals surface area contributed by atoms with E-state index >= 15 is 0 Å². The average Bonchev–Trinajstić information content (AvgIpc) is 2.22. The number of rotatable bonds is 3. The molecule has 1 heterocycles. The van der Waals surface area contributed by atoms with E-state index in [-0.39, 0.29) is 0 Å². The van der Waals surface area contributed by atoms with Gasteiger partial charge in [-0.3, -0.25) is 4.52 Å². The summed E-state index contributed by atoms with van der Waals surface area (Å²) in [4.78, 5) is 17.7. The molecule has 0 aromatic carbocycles. The smallest absolute Gasteiger partial charge is 0.384 e. The van der Waals surface area contributed by atoms with Gasteiger partial charge in [-0.2, -0.15) is 0 Å². The minimum absolute atomic E-state index is 0.667. The summed E-state index contributed by atoms with van der Waals surface area (Å²) >= 11 is 0. The second-order valence-electron chi connectivity index (χ2n) is 6.82. The lowest BCUT2D eigenvalue weighted by molar-refractivity contribution is -0.397. The van der Waals surface area contributed by atoms with E-state index in [0.29, 0.717) is 0 Å². The van der Waals surface area contributed by atoms with E-state index in [9.17, 15) is 19.9 Å². The van der Waals surface area contributed by atoms with Gasteiger partial charge < -0.3 is 29.8 Å². The summed E-state index contributed by atoms with van der Waals surface area (Å²) in [6.45, 7) is 7.49. The molecule has 4 atom stereocenters. The first kappa shape index (κ1) is 19.0. The maximum atomic E-state index is 10.9. The van der Waals surface area contributed by atoms with Crippen LogP contribution in [0.2, 0.25) is 0 Å². The molecule has 0 aliphatic carbocycles. The molecule has 126 valence electrons. The van der Waals surface area contributed by atoms with Crippen LogP contribution in [0.25, 0.3) is 0 Å². The van der Waals surface area contributed by atoms with Crippen LogP contribution < -0.4 is 0 Å². The second-order valence-corrected chi connectivity index (χ2v) is 8.06. The lowest BCUT2D eigenvalue weighted by Gasteiger charge is -2.65. The van der Waals surface area contributed by atoms with Crippen molar-refractivity contribution >= 4 is 7.82 Å². The van der Waals surface area contributed by atoms with E-state index in [1.165, 1.54) is 41.5 Å². The third kappa shape index (κ3) is 2.68. The Hall–Kier alpha value is -0.0500. The number of ether oxygens (including phenoxy) is 1. The van der Waals surface area contributed by atoms with Crippen LogP contribution in [-0.4, -0.2) is 59.7 Å². The van der Waals surface area contributed by atoms with Crippen molar-refractivity contribution in [1.82, 2.24) is 0 Å². The van der Waals surface area contributed by atoms with Crippen LogP contribution >= 0.6 is 7.82 Å². The third-order valence-electron chi connectivity index (χ3n) is 5.09. The molecule has 0 saturated carbocycles. The summed E-state index contributed by atoms with van der Waals surface area (Å²) in [7, 11) is -4.78. The monoisotopic (exact) mass is 328 g/mol. The molecular weight excluding hydrogens is 303 g/mol. The molecule has 0 bridgehead atoms. The molecule has 1 aliphatic rings. The Bertz CT molecular complexity index is 464. The van der Waals surface area contributed by atoms with Crippen LogP contribution in [0, 0.1) is 0 Å². The molecule has 1 rings (SSSR count). The molecule has 1 fully saturated rings. The van der Waals surface area contributed by atoms with Gasteiger partial charge in [0.25, 0.3) is 0 Å². The minimum atomic E-state index is -4.78. The molecule has 8 nitrogen and oxygen atoms in total. The predicted octanol–water partition coefficient (Wildman–Crippen LogP) is -0.0838. The lowest BCUT2D eigenvalue weighted by Crippen LogP contribution is -2.83. The van der Waals surface area contributed by atoms with Gasteiger partial charge in [0.1, 0.15) is 22.4 Å². The molecule has 3 unspecified atom stereocenters. The van der Waals surface area contributed by atoms with Crippen LogP contribution in [0.5, 0.6) is 0 Å². The van der Waals surface area contributed by atoms with Gasteiger partial charge in [0, 0.05) is 0 Å². The average molecular weight is 328 g/mol. The van der Waals surface area contributed by atoms with Crippen molar-refractivity contribution in [3.63, 3.8) is 0 Å². The number of phosphoric ester groups is 1. The van der Waals surface area contributed by atoms with E-state index in [1.54, 1.807) is 0 Å². The zero-order chi connectivity index (χ0) is 17.1. The van der Waals surface area contributed by atoms with Crippen LogP contribution in [0.1, 0.15) is 41.5 Å². The zero-order valence-electron chi connectivity index (χ0n) is 13.1. The molecule has 5 N–H and O–H groups in total. The van der Waals surface area contributed by atoms with Crippen molar-refractivity contribution in [3.05, 3.63) is 0 Å². The molecule has 0 radical (unpaired) electrons. The SMILES string of the molecule is CC1(C)OC(C)(COP(=O)(O)O)[C@@](C)(O)C(C)(O)C1(C)O. The number of phosphoric acid groups is 1. The highest BCUT2D eigenvalue weighted by Crippen LogP contribution is 2.54. The van der Waals surface area contributed by atoms with Crippen LogP contribution in [-0.2, 0) is 13.8 Å². The fourth-order valence-electron chi connectivity index (χ4n) is 2.71. The summed E-state index contributed by atoms with van der Waals surface area (Å²) in [5.74, 6) is 0. The van der Waals surface area contributed by atoms with E-state index in [4.69, 9.17) is 14.5 Å². The van der Waals surface area contributed by atoms with Gasteiger partial charge in [-0.25, -0.2) is 4.57 Å².